The molecular formula is C13H12F2N2O2. The van der Waals surface area contributed by atoms with Crippen molar-refractivity contribution in [2.24, 2.45) is 0 Å². The van der Waals surface area contributed by atoms with Gasteiger partial charge in [-0.2, -0.15) is 5.10 Å². The largest absolute Gasteiger partial charge is 0.477 e. The average molecular weight is 266 g/mol. The normalized spacial score (nSPS) is 10.7. The molecule has 4 nitrogen and oxygen atoms in total. The van der Waals surface area contributed by atoms with E-state index in [1.54, 1.807) is 0 Å². The Morgan fingerprint density at radius 1 is 1.37 bits per heavy atom. The van der Waals surface area contributed by atoms with Gasteiger partial charge in [-0.05, 0) is 24.6 Å². The zero-order valence-corrected chi connectivity index (χ0v) is 10.2. The number of carbonyl (C=O) groups is 1. The Morgan fingerprint density at radius 3 is 2.68 bits per heavy atom. The topological polar surface area (TPSA) is 55.1 Å². The first-order valence-corrected chi connectivity index (χ1v) is 5.80. The quantitative estimate of drug-likeness (QED) is 0.925. The lowest BCUT2D eigenvalue weighted by atomic mass is 10.2. The number of aromatic carboxylic acids is 1. The molecule has 0 saturated carbocycles. The molecule has 0 saturated heterocycles. The molecule has 2 aromatic rings. The SMILES string of the molecule is CCCc1cc(C(=O)O)n(-c2ccc(F)cc2F)n1. The number of halogens is 2. The Labute approximate surface area is 108 Å². The highest BCUT2D eigenvalue weighted by Gasteiger charge is 2.18. The molecule has 0 radical (unpaired) electrons. The fourth-order valence-corrected chi connectivity index (χ4v) is 1.80. The molecule has 6 heteroatoms. The molecule has 0 unspecified atom stereocenters. The number of benzene rings is 1. The van der Waals surface area contributed by atoms with Gasteiger partial charge >= 0.3 is 5.97 Å². The zero-order valence-electron chi connectivity index (χ0n) is 10.2. The van der Waals surface area contributed by atoms with Crippen LogP contribution in [0.3, 0.4) is 0 Å². The third kappa shape index (κ3) is 2.62. The first-order valence-electron chi connectivity index (χ1n) is 5.80. The number of aryl methyl sites for hydroxylation is 1. The number of nitrogens with zero attached hydrogens (tertiary/aromatic N) is 2. The molecule has 0 fully saturated rings. The van der Waals surface area contributed by atoms with Gasteiger partial charge < -0.3 is 5.11 Å². The highest BCUT2D eigenvalue weighted by molar-refractivity contribution is 5.86. The number of hydrogen-bond donors (Lipinski definition) is 1. The Kier molecular flexibility index (Phi) is 3.59. The van der Waals surface area contributed by atoms with Crippen LogP contribution >= 0.6 is 0 Å². The minimum Gasteiger partial charge on any atom is -0.477 e. The summed E-state index contributed by atoms with van der Waals surface area (Å²) >= 11 is 0. The third-order valence-electron chi connectivity index (χ3n) is 2.62. The number of aromatic nitrogens is 2. The number of rotatable bonds is 4. The Hall–Kier alpha value is -2.24. The van der Waals surface area contributed by atoms with Crippen molar-refractivity contribution in [3.8, 4) is 5.69 Å². The lowest BCUT2D eigenvalue weighted by molar-refractivity contribution is 0.0687. The van der Waals surface area contributed by atoms with Gasteiger partial charge in [-0.3, -0.25) is 0 Å². The van der Waals surface area contributed by atoms with Crippen LogP contribution in [0.2, 0.25) is 0 Å². The van der Waals surface area contributed by atoms with Gasteiger partial charge in [-0.1, -0.05) is 13.3 Å². The molecule has 1 aromatic heterocycles. The molecule has 19 heavy (non-hydrogen) atoms. The molecule has 100 valence electrons. The Balaban J connectivity index is 2.56. The van der Waals surface area contributed by atoms with Gasteiger partial charge in [-0.25, -0.2) is 18.3 Å². The van der Waals surface area contributed by atoms with E-state index < -0.39 is 17.6 Å². The summed E-state index contributed by atoms with van der Waals surface area (Å²) in [6.07, 6.45) is 1.39. The van der Waals surface area contributed by atoms with Crippen LogP contribution in [-0.4, -0.2) is 20.9 Å². The predicted molar refractivity (Wildman–Crippen MR) is 64.4 cm³/mol. The molecule has 1 heterocycles. The molecule has 0 amide bonds. The van der Waals surface area contributed by atoms with Gasteiger partial charge in [0.1, 0.15) is 11.5 Å². The molecule has 1 aromatic carbocycles. The number of carboxylic acids is 1. The Morgan fingerprint density at radius 2 is 2.11 bits per heavy atom. The van der Waals surface area contributed by atoms with E-state index in [1.165, 1.54) is 12.1 Å². The van der Waals surface area contributed by atoms with Gasteiger partial charge in [0.25, 0.3) is 0 Å². The summed E-state index contributed by atoms with van der Waals surface area (Å²) in [6, 6.07) is 4.32. The third-order valence-corrected chi connectivity index (χ3v) is 2.62. The predicted octanol–water partition coefficient (Wildman–Crippen LogP) is 2.80. The monoisotopic (exact) mass is 266 g/mol. The molecule has 0 bridgehead atoms. The number of hydrogen-bond acceptors (Lipinski definition) is 2. The minimum absolute atomic E-state index is 0.0823. The van der Waals surface area contributed by atoms with E-state index in [-0.39, 0.29) is 11.4 Å². The summed E-state index contributed by atoms with van der Waals surface area (Å²) in [7, 11) is 0. The summed E-state index contributed by atoms with van der Waals surface area (Å²) in [5.41, 5.74) is 0.332. The summed E-state index contributed by atoms with van der Waals surface area (Å²) in [5.74, 6) is -2.79. The first-order chi connectivity index (χ1) is 9.02. The Bertz CT molecular complexity index is 623. The van der Waals surface area contributed by atoms with Crippen molar-refractivity contribution in [2.75, 3.05) is 0 Å². The van der Waals surface area contributed by atoms with Crippen molar-refractivity contribution < 1.29 is 18.7 Å². The van der Waals surface area contributed by atoms with Crippen LogP contribution in [0.1, 0.15) is 29.5 Å². The van der Waals surface area contributed by atoms with Gasteiger partial charge in [0.15, 0.2) is 11.5 Å². The van der Waals surface area contributed by atoms with Crippen LogP contribution in [0.4, 0.5) is 8.78 Å². The van der Waals surface area contributed by atoms with E-state index in [1.807, 2.05) is 6.92 Å². The van der Waals surface area contributed by atoms with E-state index in [9.17, 15) is 13.6 Å². The van der Waals surface area contributed by atoms with Crippen LogP contribution in [0.5, 0.6) is 0 Å². The van der Waals surface area contributed by atoms with Crippen molar-refractivity contribution >= 4 is 5.97 Å². The highest BCUT2D eigenvalue weighted by atomic mass is 19.1. The fraction of sp³-hybridized carbons (Fsp3) is 0.231. The molecular weight excluding hydrogens is 254 g/mol. The van der Waals surface area contributed by atoms with Crippen LogP contribution in [0, 0.1) is 11.6 Å². The second kappa shape index (κ2) is 5.17. The lowest BCUT2D eigenvalue weighted by Gasteiger charge is -2.05. The van der Waals surface area contributed by atoms with E-state index in [2.05, 4.69) is 5.10 Å². The molecule has 0 atom stereocenters. The van der Waals surface area contributed by atoms with Gasteiger partial charge in [-0.15, -0.1) is 0 Å². The maximum atomic E-state index is 13.7. The smallest absolute Gasteiger partial charge is 0.354 e. The maximum absolute atomic E-state index is 13.7. The first kappa shape index (κ1) is 13.2. The van der Waals surface area contributed by atoms with Crippen molar-refractivity contribution in [2.45, 2.75) is 19.8 Å². The van der Waals surface area contributed by atoms with Crippen LogP contribution < -0.4 is 0 Å². The van der Waals surface area contributed by atoms with Gasteiger partial charge in [0.2, 0.25) is 0 Å². The van der Waals surface area contributed by atoms with Crippen LogP contribution in [0.15, 0.2) is 24.3 Å². The second-order valence-electron chi connectivity index (χ2n) is 4.08. The van der Waals surface area contributed by atoms with Gasteiger partial charge in [0, 0.05) is 6.07 Å². The summed E-state index contributed by atoms with van der Waals surface area (Å²) < 4.78 is 27.5. The molecule has 1 N–H and O–H groups in total. The highest BCUT2D eigenvalue weighted by Crippen LogP contribution is 2.18. The van der Waals surface area contributed by atoms with Crippen molar-refractivity contribution in [1.82, 2.24) is 9.78 Å². The van der Waals surface area contributed by atoms with Crippen LogP contribution in [0.25, 0.3) is 5.69 Å². The number of carboxylic acid groups (broad SMARTS) is 1. The molecule has 0 spiro atoms. The molecule has 0 aliphatic rings. The molecule has 0 aliphatic heterocycles. The van der Waals surface area contributed by atoms with Crippen molar-refractivity contribution in [1.29, 1.82) is 0 Å². The van der Waals surface area contributed by atoms with E-state index in [0.29, 0.717) is 18.2 Å². The minimum atomic E-state index is -1.21. The van der Waals surface area contributed by atoms with Gasteiger partial charge in [0.05, 0.1) is 5.69 Å². The second-order valence-corrected chi connectivity index (χ2v) is 4.08. The summed E-state index contributed by atoms with van der Waals surface area (Å²) in [5, 5.41) is 13.2. The summed E-state index contributed by atoms with van der Waals surface area (Å²) in [6.45, 7) is 1.93. The average Bonchev–Trinajstić information content (AvgIpc) is 2.73. The molecule has 2 rings (SSSR count). The van der Waals surface area contributed by atoms with Crippen molar-refractivity contribution in [3.63, 3.8) is 0 Å². The van der Waals surface area contributed by atoms with Crippen LogP contribution in [-0.2, 0) is 6.42 Å². The summed E-state index contributed by atoms with van der Waals surface area (Å²) in [4.78, 5) is 11.1. The molecule has 0 aliphatic carbocycles. The van der Waals surface area contributed by atoms with E-state index in [0.717, 1.165) is 17.2 Å². The van der Waals surface area contributed by atoms with E-state index in [4.69, 9.17) is 5.11 Å². The van der Waals surface area contributed by atoms with Crippen molar-refractivity contribution in [3.05, 3.63) is 47.3 Å². The standard InChI is InChI=1S/C13H12F2N2O2/c1-2-3-9-7-12(13(18)19)17(16-9)11-5-4-8(14)6-10(11)15/h4-7H,2-3H2,1H3,(H,18,19). The zero-order chi connectivity index (χ0) is 14.0. The van der Waals surface area contributed by atoms with E-state index >= 15 is 0 Å². The maximum Gasteiger partial charge on any atom is 0.354 e. The fourth-order valence-electron chi connectivity index (χ4n) is 1.80. The lowest BCUT2D eigenvalue weighted by Crippen LogP contribution is -2.09.